The summed E-state index contributed by atoms with van der Waals surface area (Å²) in [6.07, 6.45) is -3.38. The van der Waals surface area contributed by atoms with E-state index in [0.717, 1.165) is 18.4 Å². The number of benzene rings is 2. The number of nitrogens with one attached hydrogen (secondary N) is 2. The van der Waals surface area contributed by atoms with Crippen LogP contribution in [-0.2, 0) is 36.5 Å². The number of aliphatic hydroxyl groups excluding tert-OH is 2. The number of methoxy groups -OCH3 is 1. The lowest BCUT2D eigenvalue weighted by atomic mass is 9.78. The fourth-order valence-corrected chi connectivity index (χ4v) is 8.77. The van der Waals surface area contributed by atoms with E-state index in [1.165, 1.54) is 58.2 Å². The van der Waals surface area contributed by atoms with Crippen LogP contribution in [0.2, 0.25) is 0 Å². The van der Waals surface area contributed by atoms with E-state index in [0.29, 0.717) is 0 Å². The Hall–Kier alpha value is -6.02. The fraction of sp³-hybridized carbons (Fsp3) is 0.479. The summed E-state index contributed by atoms with van der Waals surface area (Å²) in [5, 5.41) is 39.9. The third kappa shape index (κ3) is 10.1. The second kappa shape index (κ2) is 20.1. The molecule has 1 fully saturated rings. The van der Waals surface area contributed by atoms with Crippen LogP contribution in [0.1, 0.15) is 89.3 Å². The number of morpholine rings is 1. The summed E-state index contributed by atoms with van der Waals surface area (Å²) in [5.41, 5.74) is -2.62. The van der Waals surface area contributed by atoms with Crippen molar-refractivity contribution in [2.75, 3.05) is 33.4 Å². The molecule has 4 heterocycles. The summed E-state index contributed by atoms with van der Waals surface area (Å²) < 4.78 is 69.4. The van der Waals surface area contributed by atoms with E-state index in [9.17, 15) is 52.5 Å². The summed E-state index contributed by atoms with van der Waals surface area (Å²) in [6.45, 7) is 11.0. The Morgan fingerprint density at radius 3 is 2.30 bits per heavy atom. The molecule has 0 saturated carbocycles. The minimum Gasteiger partial charge on any atom is -0.507 e. The van der Waals surface area contributed by atoms with Gasteiger partial charge < -0.3 is 54.5 Å². The van der Waals surface area contributed by atoms with Gasteiger partial charge in [-0.1, -0.05) is 58.1 Å². The number of aliphatic hydroxyl groups is 2. The van der Waals surface area contributed by atoms with Crippen molar-refractivity contribution in [1.82, 2.24) is 15.5 Å². The van der Waals surface area contributed by atoms with Crippen LogP contribution in [0.25, 0.3) is 0 Å². The second-order valence-corrected chi connectivity index (χ2v) is 17.5. The number of hydrogen-bond acceptors (Lipinski definition) is 14. The number of carbonyl (C=O) groups is 5. The van der Waals surface area contributed by atoms with Gasteiger partial charge in [-0.15, -0.1) is 0 Å². The van der Waals surface area contributed by atoms with E-state index >= 15 is 0 Å². The molecule has 0 aromatic heterocycles. The Balaban J connectivity index is 1.40. The van der Waals surface area contributed by atoms with E-state index in [4.69, 9.17) is 23.7 Å². The fourth-order valence-electron chi connectivity index (χ4n) is 8.77. The van der Waals surface area contributed by atoms with E-state index in [2.05, 4.69) is 10.6 Å². The standard InChI is InChI=1S/C48H56F3N3O13/c1-23-11-9-12-24(2)45(61)53-35-36(54-16-19-64-20-17-54)41(59)32-33(40(35)58)39(57)28(6)43-34(32)44(60)47(7,67-43)65-18-15-31(63-8)25(3)42(27(5)38(56)26(4)37(23)55)66-46(62)52-22-29-13-10-14-30(21-29)48(49,50)51/h9-15,18,21,23,25-27,31,37-38,42,55-57H,16-17,19-20,22H2,1-8H3,(H,52,62)(H,53,61)/t23-,25+,26+,27+,31-,37-,38+,42+,47-/m0/s1. The average molecular weight is 940 g/mol. The number of alkyl halides is 3. The van der Waals surface area contributed by atoms with Gasteiger partial charge in [0.05, 0.1) is 60.0 Å². The van der Waals surface area contributed by atoms with Crippen LogP contribution in [0, 0.1) is 30.6 Å². The number of ketones is 3. The van der Waals surface area contributed by atoms with Gasteiger partial charge in [-0.2, -0.15) is 13.2 Å². The molecule has 0 unspecified atom stereocenters. The van der Waals surface area contributed by atoms with Crippen molar-refractivity contribution < 1.29 is 76.1 Å². The van der Waals surface area contributed by atoms with E-state index in [1.54, 1.807) is 38.7 Å². The average Bonchev–Trinajstić information content (AvgIpc) is 3.56. The van der Waals surface area contributed by atoms with E-state index < -0.39 is 118 Å². The molecule has 1 aliphatic carbocycles. The molecule has 0 spiro atoms. The minimum absolute atomic E-state index is 0.0559. The van der Waals surface area contributed by atoms with Gasteiger partial charge in [0, 0.05) is 68.5 Å². The smallest absolute Gasteiger partial charge is 0.416 e. The molecule has 67 heavy (non-hydrogen) atoms. The number of allylic oxidation sites excluding steroid dienone is 4. The maximum absolute atomic E-state index is 14.8. The number of aromatic hydroxyl groups is 1. The van der Waals surface area contributed by atoms with Crippen LogP contribution in [0.5, 0.6) is 11.5 Å². The second-order valence-electron chi connectivity index (χ2n) is 17.5. The number of ether oxygens (including phenoxy) is 5. The Morgan fingerprint density at radius 2 is 1.64 bits per heavy atom. The molecule has 16 nitrogen and oxygen atoms in total. The lowest BCUT2D eigenvalue weighted by molar-refractivity contribution is -0.137. The maximum Gasteiger partial charge on any atom is 0.416 e. The van der Waals surface area contributed by atoms with Crippen molar-refractivity contribution >= 4 is 29.4 Å². The highest BCUT2D eigenvalue weighted by molar-refractivity contribution is 6.32. The number of nitrogens with zero attached hydrogens (tertiary/aromatic N) is 1. The topological polar surface area (TPSA) is 219 Å². The van der Waals surface area contributed by atoms with E-state index in [-0.39, 0.29) is 66.6 Å². The highest BCUT2D eigenvalue weighted by Gasteiger charge is 2.53. The first-order valence-electron chi connectivity index (χ1n) is 21.8. The Bertz CT molecular complexity index is 2420. The first-order chi connectivity index (χ1) is 31.5. The molecule has 0 radical (unpaired) electrons. The van der Waals surface area contributed by atoms with Crippen molar-refractivity contribution in [3.63, 3.8) is 0 Å². The zero-order valence-corrected chi connectivity index (χ0v) is 38.4. The first kappa shape index (κ1) is 50.4. The molecule has 5 aliphatic rings. The molecule has 5 bridgehead atoms. The van der Waals surface area contributed by atoms with Gasteiger partial charge in [0.2, 0.25) is 11.6 Å². The number of amides is 2. The molecule has 362 valence electrons. The third-order valence-corrected chi connectivity index (χ3v) is 12.9. The van der Waals surface area contributed by atoms with Crippen LogP contribution in [0.3, 0.4) is 0 Å². The number of fused-ring (bicyclic) bond motifs is 14. The molecule has 19 heteroatoms. The normalized spacial score (nSPS) is 28.7. The highest BCUT2D eigenvalue weighted by Crippen LogP contribution is 2.49. The quantitative estimate of drug-likeness (QED) is 0.244. The van der Waals surface area contributed by atoms with Gasteiger partial charge >= 0.3 is 18.1 Å². The molecule has 9 atom stereocenters. The number of phenols is 1. The summed E-state index contributed by atoms with van der Waals surface area (Å²) in [7, 11) is 1.34. The number of carbonyl (C=O) groups excluding carboxylic acids is 5. The van der Waals surface area contributed by atoms with Crippen molar-refractivity contribution in [2.24, 2.45) is 23.7 Å². The minimum atomic E-state index is -4.61. The Labute approximate surface area is 385 Å². The zero-order chi connectivity index (χ0) is 49.3. The van der Waals surface area contributed by atoms with Crippen LogP contribution < -0.4 is 15.4 Å². The van der Waals surface area contributed by atoms with Crippen LogP contribution in [0.15, 0.2) is 71.8 Å². The Morgan fingerprint density at radius 1 is 0.955 bits per heavy atom. The predicted octanol–water partition coefficient (Wildman–Crippen LogP) is 5.67. The molecule has 5 N–H and O–H groups in total. The Kier molecular flexibility index (Phi) is 15.1. The van der Waals surface area contributed by atoms with Crippen LogP contribution in [0.4, 0.5) is 18.0 Å². The molecule has 2 amide bonds. The van der Waals surface area contributed by atoms with Crippen molar-refractivity contribution in [1.29, 1.82) is 0 Å². The SMILES string of the molecule is CO[C@H]1C=CO[C@@]2(C)Oc3c(C)c(O)c4c(c3C2=O)C(=O)C(N2CCOCC2)=C(NC(=O)C(C)=CC=C[C@H](C)[C@H](O)[C@@H](C)[C@@H](O)[C@@H](C)[C@H](OC(=O)NCc2cccc(C(F)(F)F)c2)[C@@H]1C)C4=O. The van der Waals surface area contributed by atoms with Crippen molar-refractivity contribution in [3.8, 4) is 11.5 Å². The first-order valence-corrected chi connectivity index (χ1v) is 21.8. The van der Waals surface area contributed by atoms with E-state index in [1.807, 2.05) is 0 Å². The molecule has 2 aromatic carbocycles. The molecular weight excluding hydrogens is 884 g/mol. The summed E-state index contributed by atoms with van der Waals surface area (Å²) in [6, 6.07) is 4.39. The summed E-state index contributed by atoms with van der Waals surface area (Å²) in [5.74, 6) is -9.70. The number of hydrogen-bond donors (Lipinski definition) is 5. The van der Waals surface area contributed by atoms with Crippen molar-refractivity contribution in [2.45, 2.75) is 91.4 Å². The van der Waals surface area contributed by atoms with Gasteiger partial charge in [-0.25, -0.2) is 4.79 Å². The molecule has 1 saturated heterocycles. The highest BCUT2D eigenvalue weighted by atomic mass is 19.4. The predicted molar refractivity (Wildman–Crippen MR) is 234 cm³/mol. The monoisotopic (exact) mass is 939 g/mol. The number of phenolic OH excluding ortho intramolecular Hbond substituents is 1. The molecule has 2 aromatic rings. The molecule has 4 aliphatic heterocycles. The zero-order valence-electron chi connectivity index (χ0n) is 38.4. The molecular formula is C48H56F3N3O13. The summed E-state index contributed by atoms with van der Waals surface area (Å²) >= 11 is 0. The number of Topliss-reactive ketones (excluding diaryl/α,β-unsaturated/α-hetero) is 3. The maximum atomic E-state index is 14.8. The lowest BCUT2D eigenvalue weighted by Gasteiger charge is -2.38. The number of halogens is 3. The van der Waals surface area contributed by atoms with Gasteiger partial charge in [-0.3, -0.25) is 19.2 Å². The van der Waals surface area contributed by atoms with Gasteiger partial charge in [0.1, 0.15) is 29.0 Å². The lowest BCUT2D eigenvalue weighted by Crippen LogP contribution is -2.47. The largest absolute Gasteiger partial charge is 0.507 e. The number of rotatable bonds is 5. The van der Waals surface area contributed by atoms with Crippen LogP contribution >= 0.6 is 0 Å². The van der Waals surface area contributed by atoms with Gasteiger partial charge in [0.25, 0.3) is 11.7 Å². The van der Waals surface area contributed by atoms with Gasteiger partial charge in [0.15, 0.2) is 0 Å². The van der Waals surface area contributed by atoms with Crippen molar-refractivity contribution in [3.05, 3.63) is 105 Å². The molecule has 7 rings (SSSR count). The van der Waals surface area contributed by atoms with Gasteiger partial charge in [-0.05, 0) is 37.6 Å². The number of alkyl carbamates (subject to hydrolysis) is 1. The summed E-state index contributed by atoms with van der Waals surface area (Å²) in [4.78, 5) is 72.5. The van der Waals surface area contributed by atoms with Crippen LogP contribution in [-0.4, -0.2) is 113 Å². The third-order valence-electron chi connectivity index (χ3n) is 12.9.